The third-order valence-electron chi connectivity index (χ3n) is 5.01. The second-order valence-electron chi connectivity index (χ2n) is 7.37. The van der Waals surface area contributed by atoms with Crippen molar-refractivity contribution in [1.82, 2.24) is 9.88 Å². The van der Waals surface area contributed by atoms with Gasteiger partial charge in [0.1, 0.15) is 0 Å². The van der Waals surface area contributed by atoms with Gasteiger partial charge in [0.05, 0.1) is 13.2 Å². The van der Waals surface area contributed by atoms with Gasteiger partial charge in [-0.15, -0.1) is 0 Å². The molecule has 3 aromatic rings. The van der Waals surface area contributed by atoms with Gasteiger partial charge in [-0.25, -0.2) is 0 Å². The number of hydrogen-bond donors (Lipinski definition) is 0. The molecule has 0 unspecified atom stereocenters. The molecule has 0 saturated carbocycles. The highest BCUT2D eigenvalue weighted by atomic mass is 16.5. The topological polar surface area (TPSA) is 51.7 Å². The minimum atomic E-state index is 0.105. The smallest absolute Gasteiger partial charge is 0.223 e. The number of nitrogens with zero attached hydrogens (tertiary/aromatic N) is 2. The fourth-order valence-electron chi connectivity index (χ4n) is 3.35. The summed E-state index contributed by atoms with van der Waals surface area (Å²) in [5, 5.41) is 0. The minimum absolute atomic E-state index is 0.105. The van der Waals surface area contributed by atoms with Crippen molar-refractivity contribution >= 4 is 5.91 Å². The zero-order chi connectivity index (χ0) is 21.9. The molecule has 1 amide bonds. The molecule has 1 heterocycles. The second-order valence-corrected chi connectivity index (χ2v) is 7.37. The van der Waals surface area contributed by atoms with Gasteiger partial charge in [-0.2, -0.15) is 0 Å². The van der Waals surface area contributed by atoms with Crippen LogP contribution in [0.5, 0.6) is 11.5 Å². The number of carbonyl (C=O) groups is 1. The second kappa shape index (κ2) is 11.7. The first kappa shape index (κ1) is 22.3. The lowest BCUT2D eigenvalue weighted by Gasteiger charge is -2.24. The average Bonchev–Trinajstić information content (AvgIpc) is 2.79. The number of hydrogen-bond acceptors (Lipinski definition) is 4. The molecule has 0 fully saturated rings. The maximum Gasteiger partial charge on any atom is 0.223 e. The number of benzene rings is 2. The van der Waals surface area contributed by atoms with E-state index in [0.717, 1.165) is 16.9 Å². The van der Waals surface area contributed by atoms with Crippen LogP contribution in [0, 0.1) is 6.92 Å². The predicted molar refractivity (Wildman–Crippen MR) is 122 cm³/mol. The summed E-state index contributed by atoms with van der Waals surface area (Å²) in [5.74, 6) is 1.55. The van der Waals surface area contributed by atoms with E-state index < -0.39 is 0 Å². The largest absolute Gasteiger partial charge is 0.490 e. The zero-order valence-electron chi connectivity index (χ0n) is 18.3. The van der Waals surface area contributed by atoms with Gasteiger partial charge in [-0.1, -0.05) is 42.5 Å². The molecule has 2 aromatic carbocycles. The van der Waals surface area contributed by atoms with E-state index in [9.17, 15) is 4.79 Å². The van der Waals surface area contributed by atoms with E-state index in [0.29, 0.717) is 44.9 Å². The van der Waals surface area contributed by atoms with E-state index in [-0.39, 0.29) is 5.91 Å². The molecular formula is C26H30N2O3. The Labute approximate surface area is 184 Å². The Kier molecular flexibility index (Phi) is 8.47. The van der Waals surface area contributed by atoms with Gasteiger partial charge in [0.25, 0.3) is 0 Å². The summed E-state index contributed by atoms with van der Waals surface area (Å²) >= 11 is 0. The number of rotatable bonds is 11. The highest BCUT2D eigenvalue weighted by molar-refractivity contribution is 5.76. The number of carbonyl (C=O) groups excluding carboxylic acids is 1. The lowest BCUT2D eigenvalue weighted by Crippen LogP contribution is -2.30. The minimum Gasteiger partial charge on any atom is -0.490 e. The summed E-state index contributed by atoms with van der Waals surface area (Å²) in [6.07, 6.45) is 4.61. The number of amides is 1. The molecule has 0 aliphatic carbocycles. The van der Waals surface area contributed by atoms with Gasteiger partial charge >= 0.3 is 0 Å². The van der Waals surface area contributed by atoms with Crippen molar-refractivity contribution in [2.75, 3.05) is 13.2 Å². The third-order valence-corrected chi connectivity index (χ3v) is 5.01. The van der Waals surface area contributed by atoms with Crippen molar-refractivity contribution in [3.8, 4) is 11.5 Å². The molecule has 1 aromatic heterocycles. The number of ether oxygens (including phenoxy) is 2. The highest BCUT2D eigenvalue weighted by Gasteiger charge is 2.16. The van der Waals surface area contributed by atoms with Crippen LogP contribution in [0.2, 0.25) is 0 Å². The number of pyridine rings is 1. The van der Waals surface area contributed by atoms with Crippen molar-refractivity contribution < 1.29 is 14.3 Å². The van der Waals surface area contributed by atoms with Crippen molar-refractivity contribution in [2.45, 2.75) is 39.8 Å². The lowest BCUT2D eigenvalue weighted by molar-refractivity contribution is -0.132. The Bertz CT molecular complexity index is 960. The number of para-hydroxylation sites is 2. The Morgan fingerprint density at radius 1 is 0.935 bits per heavy atom. The fourth-order valence-corrected chi connectivity index (χ4v) is 3.35. The molecular weight excluding hydrogens is 388 g/mol. The summed E-state index contributed by atoms with van der Waals surface area (Å²) in [6, 6.07) is 19.7. The first-order chi connectivity index (χ1) is 15.2. The third kappa shape index (κ3) is 6.85. The molecule has 0 spiro atoms. The Morgan fingerprint density at radius 3 is 2.39 bits per heavy atom. The molecule has 0 N–H and O–H groups in total. The Balaban J connectivity index is 1.59. The van der Waals surface area contributed by atoms with Crippen molar-refractivity contribution in [3.63, 3.8) is 0 Å². The van der Waals surface area contributed by atoms with E-state index in [1.54, 1.807) is 6.20 Å². The average molecular weight is 419 g/mol. The molecule has 0 saturated heterocycles. The standard InChI is InChI=1S/C26H30N2O3/c1-3-30-24-13-6-7-14-25(24)31-17-9-15-26(29)28(19-22-11-8-16-27-18-22)20-23-12-5-4-10-21(23)2/h4-8,10-14,16,18H,3,9,15,17,19-20H2,1-2H3. The summed E-state index contributed by atoms with van der Waals surface area (Å²) in [6.45, 7) is 6.18. The zero-order valence-corrected chi connectivity index (χ0v) is 18.3. The maximum atomic E-state index is 13.1. The quantitative estimate of drug-likeness (QED) is 0.403. The van der Waals surface area contributed by atoms with Crippen LogP contribution in [-0.2, 0) is 17.9 Å². The molecule has 31 heavy (non-hydrogen) atoms. The Hall–Kier alpha value is -3.34. The van der Waals surface area contributed by atoms with Crippen molar-refractivity contribution in [1.29, 1.82) is 0 Å². The maximum absolute atomic E-state index is 13.1. The number of aromatic nitrogens is 1. The molecule has 0 bridgehead atoms. The molecule has 0 atom stereocenters. The van der Waals surface area contributed by atoms with Crippen LogP contribution in [0.4, 0.5) is 0 Å². The van der Waals surface area contributed by atoms with E-state index in [4.69, 9.17) is 9.47 Å². The Morgan fingerprint density at radius 2 is 1.68 bits per heavy atom. The van der Waals surface area contributed by atoms with Crippen LogP contribution in [0.15, 0.2) is 73.1 Å². The molecule has 0 aliphatic rings. The van der Waals surface area contributed by atoms with Gasteiger partial charge in [0, 0.05) is 31.9 Å². The summed E-state index contributed by atoms with van der Waals surface area (Å²) in [4.78, 5) is 19.1. The van der Waals surface area contributed by atoms with Crippen LogP contribution < -0.4 is 9.47 Å². The van der Waals surface area contributed by atoms with Gasteiger partial charge in [-0.05, 0) is 55.2 Å². The van der Waals surface area contributed by atoms with Crippen LogP contribution in [0.1, 0.15) is 36.5 Å². The summed E-state index contributed by atoms with van der Waals surface area (Å²) in [5.41, 5.74) is 3.36. The molecule has 0 radical (unpaired) electrons. The predicted octanol–water partition coefficient (Wildman–Crippen LogP) is 5.18. The SMILES string of the molecule is CCOc1ccccc1OCCCC(=O)N(Cc1cccnc1)Cc1ccccc1C. The molecule has 5 nitrogen and oxygen atoms in total. The summed E-state index contributed by atoms with van der Waals surface area (Å²) in [7, 11) is 0. The van der Waals surface area contributed by atoms with Crippen molar-refractivity contribution in [2.24, 2.45) is 0 Å². The van der Waals surface area contributed by atoms with Crippen molar-refractivity contribution in [3.05, 3.63) is 89.7 Å². The van der Waals surface area contributed by atoms with Crippen LogP contribution in [-0.4, -0.2) is 29.0 Å². The van der Waals surface area contributed by atoms with Gasteiger partial charge in [0.2, 0.25) is 5.91 Å². The van der Waals surface area contributed by atoms with Crippen LogP contribution in [0.25, 0.3) is 0 Å². The molecule has 162 valence electrons. The molecule has 0 aliphatic heterocycles. The van der Waals surface area contributed by atoms with Gasteiger partial charge < -0.3 is 14.4 Å². The van der Waals surface area contributed by atoms with E-state index >= 15 is 0 Å². The van der Waals surface area contributed by atoms with Crippen LogP contribution in [0.3, 0.4) is 0 Å². The first-order valence-corrected chi connectivity index (χ1v) is 10.7. The first-order valence-electron chi connectivity index (χ1n) is 10.7. The molecule has 5 heteroatoms. The normalized spacial score (nSPS) is 10.5. The van der Waals surface area contributed by atoms with E-state index in [2.05, 4.69) is 24.0 Å². The van der Waals surface area contributed by atoms with E-state index in [1.165, 1.54) is 5.56 Å². The lowest BCUT2D eigenvalue weighted by atomic mass is 10.1. The summed E-state index contributed by atoms with van der Waals surface area (Å²) < 4.78 is 11.5. The van der Waals surface area contributed by atoms with E-state index in [1.807, 2.05) is 66.6 Å². The number of aryl methyl sites for hydroxylation is 1. The highest BCUT2D eigenvalue weighted by Crippen LogP contribution is 2.26. The fraction of sp³-hybridized carbons (Fsp3) is 0.308. The van der Waals surface area contributed by atoms with Gasteiger partial charge in [0.15, 0.2) is 11.5 Å². The monoisotopic (exact) mass is 418 g/mol. The van der Waals surface area contributed by atoms with Crippen LogP contribution >= 0.6 is 0 Å². The van der Waals surface area contributed by atoms with Gasteiger partial charge in [-0.3, -0.25) is 9.78 Å². The molecule has 3 rings (SSSR count).